The smallest absolute Gasteiger partial charge is 0.251 e. The van der Waals surface area contributed by atoms with Crippen LogP contribution in [0.5, 0.6) is 0 Å². The minimum Gasteiger partial charge on any atom is -0.550 e. The van der Waals surface area contributed by atoms with Crippen molar-refractivity contribution in [3.8, 4) is 0 Å². The lowest BCUT2D eigenvalue weighted by atomic mass is 10.2. The first kappa shape index (κ1) is 17.4. The lowest BCUT2D eigenvalue weighted by molar-refractivity contribution is -0.305. The summed E-state index contributed by atoms with van der Waals surface area (Å²) in [5, 5.41) is 12.8. The molecule has 1 heterocycles. The summed E-state index contributed by atoms with van der Waals surface area (Å²) < 4.78 is 26.2. The van der Waals surface area contributed by atoms with Gasteiger partial charge in [-0.2, -0.15) is 4.31 Å². The van der Waals surface area contributed by atoms with Crippen molar-refractivity contribution in [2.45, 2.75) is 30.6 Å². The van der Waals surface area contributed by atoms with Gasteiger partial charge in [-0.3, -0.25) is 4.79 Å². The third-order valence-electron chi connectivity index (χ3n) is 3.66. The van der Waals surface area contributed by atoms with Gasteiger partial charge in [-0.25, -0.2) is 8.42 Å². The summed E-state index contributed by atoms with van der Waals surface area (Å²) in [4.78, 5) is 22.3. The number of nitrogens with one attached hydrogen (secondary N) is 1. The Balaban J connectivity index is 1.96. The van der Waals surface area contributed by atoms with Crippen molar-refractivity contribution in [1.82, 2.24) is 9.62 Å². The topological polar surface area (TPSA) is 107 Å². The summed E-state index contributed by atoms with van der Waals surface area (Å²) in [6.45, 7) is 1.28. The molecule has 0 aromatic heterocycles. The lowest BCUT2D eigenvalue weighted by Crippen LogP contribution is -2.28. The maximum atomic E-state index is 12.4. The second-order valence-electron chi connectivity index (χ2n) is 5.37. The maximum Gasteiger partial charge on any atom is 0.251 e. The number of carboxylic acids is 1. The molecule has 0 unspecified atom stereocenters. The molecule has 0 aliphatic carbocycles. The van der Waals surface area contributed by atoms with Crippen LogP contribution in [-0.4, -0.2) is 44.2 Å². The molecule has 0 radical (unpaired) electrons. The zero-order valence-corrected chi connectivity index (χ0v) is 13.5. The number of hydrogen-bond donors (Lipinski definition) is 1. The van der Waals surface area contributed by atoms with Crippen LogP contribution in [-0.2, 0) is 14.8 Å². The number of rotatable bonds is 7. The van der Waals surface area contributed by atoms with Gasteiger partial charge in [0.05, 0.1) is 4.90 Å². The average molecular weight is 339 g/mol. The van der Waals surface area contributed by atoms with Gasteiger partial charge < -0.3 is 15.2 Å². The van der Waals surface area contributed by atoms with E-state index in [9.17, 15) is 23.1 Å². The van der Waals surface area contributed by atoms with E-state index in [-0.39, 0.29) is 30.2 Å². The van der Waals surface area contributed by atoms with Crippen molar-refractivity contribution >= 4 is 21.9 Å². The molecule has 1 aromatic rings. The first-order valence-electron chi connectivity index (χ1n) is 7.49. The summed E-state index contributed by atoms with van der Waals surface area (Å²) >= 11 is 0. The fraction of sp³-hybridized carbons (Fsp3) is 0.467. The van der Waals surface area contributed by atoms with Gasteiger partial charge in [0.15, 0.2) is 0 Å². The Morgan fingerprint density at radius 1 is 1.13 bits per heavy atom. The highest BCUT2D eigenvalue weighted by Crippen LogP contribution is 2.21. The molecule has 0 saturated carbocycles. The summed E-state index contributed by atoms with van der Waals surface area (Å²) in [5.74, 6) is -1.52. The van der Waals surface area contributed by atoms with Crippen LogP contribution in [0.25, 0.3) is 0 Å². The average Bonchev–Trinajstić information content (AvgIpc) is 3.06. The van der Waals surface area contributed by atoms with Gasteiger partial charge >= 0.3 is 0 Å². The van der Waals surface area contributed by atoms with Crippen LogP contribution in [0.3, 0.4) is 0 Å². The van der Waals surface area contributed by atoms with Crippen LogP contribution in [0.1, 0.15) is 36.0 Å². The molecular weight excluding hydrogens is 320 g/mol. The van der Waals surface area contributed by atoms with Crippen LogP contribution >= 0.6 is 0 Å². The summed E-state index contributed by atoms with van der Waals surface area (Å²) in [5.41, 5.74) is 0.332. The van der Waals surface area contributed by atoms with Crippen molar-refractivity contribution in [3.05, 3.63) is 29.8 Å². The van der Waals surface area contributed by atoms with E-state index in [1.165, 1.54) is 28.6 Å². The molecule has 23 heavy (non-hydrogen) atoms. The Morgan fingerprint density at radius 2 is 1.74 bits per heavy atom. The van der Waals surface area contributed by atoms with Gasteiger partial charge in [0.25, 0.3) is 5.91 Å². The minimum atomic E-state index is -3.48. The highest BCUT2D eigenvalue weighted by atomic mass is 32.2. The third-order valence-corrected chi connectivity index (χ3v) is 5.58. The highest BCUT2D eigenvalue weighted by Gasteiger charge is 2.27. The van der Waals surface area contributed by atoms with Crippen molar-refractivity contribution < 1.29 is 23.1 Å². The molecule has 1 amide bonds. The summed E-state index contributed by atoms with van der Waals surface area (Å²) in [6, 6.07) is 5.75. The minimum absolute atomic E-state index is 0.118. The van der Waals surface area contributed by atoms with E-state index >= 15 is 0 Å². The van der Waals surface area contributed by atoms with E-state index in [0.717, 1.165) is 12.8 Å². The molecule has 126 valence electrons. The molecule has 0 bridgehead atoms. The molecular formula is C15H19N2O5S-. The fourth-order valence-corrected chi connectivity index (χ4v) is 3.91. The molecule has 8 heteroatoms. The number of nitrogens with zero attached hydrogens (tertiary/aromatic N) is 1. The summed E-state index contributed by atoms with van der Waals surface area (Å²) in [6.07, 6.45) is 1.90. The predicted octanol–water partition coefficient (Wildman–Crippen LogP) is -0.269. The number of carbonyl (C=O) groups excluding carboxylic acids is 2. The van der Waals surface area contributed by atoms with Crippen molar-refractivity contribution in [3.63, 3.8) is 0 Å². The van der Waals surface area contributed by atoms with Gasteiger partial charge in [0, 0.05) is 31.2 Å². The van der Waals surface area contributed by atoms with E-state index in [1.54, 1.807) is 0 Å². The molecule has 1 aromatic carbocycles. The van der Waals surface area contributed by atoms with Crippen molar-refractivity contribution in [1.29, 1.82) is 0 Å². The maximum absolute atomic E-state index is 12.4. The Labute approximate surface area is 135 Å². The molecule has 1 aliphatic rings. The van der Waals surface area contributed by atoms with Crippen LogP contribution in [0, 0.1) is 0 Å². The Hall–Kier alpha value is -1.93. The molecule has 7 nitrogen and oxygen atoms in total. The first-order chi connectivity index (χ1) is 10.9. The number of carboxylic acid groups (broad SMARTS) is 1. The standard InChI is InChI=1S/C15H20N2O5S/c18-14(19)4-3-9-16-15(20)12-5-7-13(8-6-12)23(21,22)17-10-1-2-11-17/h5-8H,1-4,9-11H2,(H,16,20)(H,18,19)/p-1. The molecule has 1 aliphatic heterocycles. The highest BCUT2D eigenvalue weighted by molar-refractivity contribution is 7.89. The number of amides is 1. The number of benzene rings is 1. The molecule has 1 fully saturated rings. The fourth-order valence-electron chi connectivity index (χ4n) is 2.39. The van der Waals surface area contributed by atoms with Gasteiger partial charge in [0.2, 0.25) is 10.0 Å². The quantitative estimate of drug-likeness (QED) is 0.688. The van der Waals surface area contributed by atoms with E-state index < -0.39 is 16.0 Å². The van der Waals surface area contributed by atoms with E-state index in [2.05, 4.69) is 5.32 Å². The number of hydrogen-bond acceptors (Lipinski definition) is 5. The third kappa shape index (κ3) is 4.52. The first-order valence-corrected chi connectivity index (χ1v) is 8.93. The zero-order chi connectivity index (χ0) is 16.9. The molecule has 1 saturated heterocycles. The Kier molecular flexibility index (Phi) is 5.73. The van der Waals surface area contributed by atoms with Crippen molar-refractivity contribution in [2.24, 2.45) is 0 Å². The normalized spacial score (nSPS) is 15.5. The van der Waals surface area contributed by atoms with Gasteiger partial charge in [0.1, 0.15) is 0 Å². The second-order valence-corrected chi connectivity index (χ2v) is 7.30. The Morgan fingerprint density at radius 3 is 2.30 bits per heavy atom. The van der Waals surface area contributed by atoms with Crippen molar-refractivity contribution in [2.75, 3.05) is 19.6 Å². The lowest BCUT2D eigenvalue weighted by Gasteiger charge is -2.15. The molecule has 2 rings (SSSR count). The second kappa shape index (κ2) is 7.56. The van der Waals surface area contributed by atoms with Crippen LogP contribution < -0.4 is 10.4 Å². The van der Waals surface area contributed by atoms with E-state index in [1.807, 2.05) is 0 Å². The SMILES string of the molecule is O=C([O-])CCCNC(=O)c1ccc(S(=O)(=O)N2CCCC2)cc1. The Bertz CT molecular complexity index is 664. The zero-order valence-electron chi connectivity index (χ0n) is 12.7. The molecule has 0 spiro atoms. The summed E-state index contributed by atoms with van der Waals surface area (Å²) in [7, 11) is -3.48. The van der Waals surface area contributed by atoms with Crippen LogP contribution in [0.2, 0.25) is 0 Å². The number of carbonyl (C=O) groups is 2. The number of sulfonamides is 1. The van der Waals surface area contributed by atoms with Gasteiger partial charge in [-0.1, -0.05) is 0 Å². The largest absolute Gasteiger partial charge is 0.550 e. The van der Waals surface area contributed by atoms with Crippen LogP contribution in [0.4, 0.5) is 0 Å². The molecule has 1 N–H and O–H groups in total. The predicted molar refractivity (Wildman–Crippen MR) is 81.0 cm³/mol. The van der Waals surface area contributed by atoms with Crippen LogP contribution in [0.15, 0.2) is 29.2 Å². The molecule has 0 atom stereocenters. The monoisotopic (exact) mass is 339 g/mol. The van der Waals surface area contributed by atoms with E-state index in [0.29, 0.717) is 18.7 Å². The number of aliphatic carboxylic acids is 1. The van der Waals surface area contributed by atoms with E-state index in [4.69, 9.17) is 0 Å². The van der Waals surface area contributed by atoms with Gasteiger partial charge in [-0.05, 0) is 49.9 Å². The van der Waals surface area contributed by atoms with Gasteiger partial charge in [-0.15, -0.1) is 0 Å².